The van der Waals surface area contributed by atoms with Gasteiger partial charge in [-0.05, 0) is 42.5 Å². The smallest absolute Gasteiger partial charge is 0.455 e. The molecule has 1 aliphatic heterocycles. The van der Waals surface area contributed by atoms with E-state index in [0.29, 0.717) is 5.57 Å². The van der Waals surface area contributed by atoms with Gasteiger partial charge in [-0.25, -0.2) is 9.59 Å². The first kappa shape index (κ1) is 31.2. The highest BCUT2D eigenvalue weighted by Gasteiger charge is 2.77. The Hall–Kier alpha value is -3.28. The van der Waals surface area contributed by atoms with Crippen molar-refractivity contribution < 1.29 is 53.1 Å². The minimum Gasteiger partial charge on any atom is -0.455 e. The Kier molecular flexibility index (Phi) is 7.55. The Labute approximate surface area is 250 Å². The highest BCUT2D eigenvalue weighted by molar-refractivity contribution is 5.95. The van der Waals surface area contributed by atoms with Crippen molar-refractivity contribution in [3.63, 3.8) is 0 Å². The molecule has 2 N–H and O–H groups in total. The average molecular weight is 601 g/mol. The van der Waals surface area contributed by atoms with Gasteiger partial charge in [0.05, 0.1) is 31.3 Å². The molecule has 2 bridgehead atoms. The Bertz CT molecular complexity index is 1370. The first-order valence-corrected chi connectivity index (χ1v) is 14.5. The lowest BCUT2D eigenvalue weighted by Crippen LogP contribution is -2.80. The zero-order valence-corrected chi connectivity index (χ0v) is 25.5. The number of aliphatic hydroxyl groups excluding tert-OH is 1. The van der Waals surface area contributed by atoms with Gasteiger partial charge in [-0.15, -0.1) is 0 Å². The largest absolute Gasteiger partial charge is 0.508 e. The molecule has 0 spiro atoms. The van der Waals surface area contributed by atoms with Crippen LogP contribution in [0.15, 0.2) is 41.5 Å². The van der Waals surface area contributed by atoms with Crippen molar-refractivity contribution in [3.8, 4) is 0 Å². The number of hydrogen-bond acceptors (Lipinski definition) is 11. The van der Waals surface area contributed by atoms with Gasteiger partial charge in [0.1, 0.15) is 17.8 Å². The molecule has 3 fully saturated rings. The van der Waals surface area contributed by atoms with Crippen molar-refractivity contribution in [2.24, 2.45) is 22.7 Å². The number of methoxy groups -OCH3 is 1. The van der Waals surface area contributed by atoms with Crippen LogP contribution >= 0.6 is 0 Å². The molecule has 0 radical (unpaired) electrons. The normalized spacial score (nSPS) is 39.6. The molecular formula is C32H40O11. The number of aliphatic hydroxyl groups is 2. The second kappa shape index (κ2) is 10.4. The summed E-state index contributed by atoms with van der Waals surface area (Å²) in [6.45, 7) is 9.51. The van der Waals surface area contributed by atoms with Gasteiger partial charge in [0.25, 0.3) is 0 Å². The molecule has 11 heteroatoms. The molecule has 1 aromatic rings. The average Bonchev–Trinajstić information content (AvgIpc) is 2.95. The number of ketones is 1. The number of fused-ring (bicyclic) bond motifs is 5. The fourth-order valence-corrected chi connectivity index (χ4v) is 8.13. The quantitative estimate of drug-likeness (QED) is 0.297. The van der Waals surface area contributed by atoms with Gasteiger partial charge in [0, 0.05) is 24.2 Å². The van der Waals surface area contributed by atoms with Crippen LogP contribution in [-0.2, 0) is 33.3 Å². The van der Waals surface area contributed by atoms with E-state index < -0.39 is 82.2 Å². The summed E-state index contributed by atoms with van der Waals surface area (Å²) in [6.07, 6.45) is -5.98. The molecule has 1 aromatic carbocycles. The Morgan fingerprint density at radius 3 is 2.28 bits per heavy atom. The number of carbonyl (C=O) groups is 4. The second-order valence-corrected chi connectivity index (χ2v) is 13.1. The number of carbonyl (C=O) groups excluding carboxylic acids is 4. The lowest BCUT2D eigenvalue weighted by molar-refractivity contribution is -0.338. The van der Waals surface area contributed by atoms with Crippen LogP contribution in [0, 0.1) is 22.7 Å². The molecular weight excluding hydrogens is 560 g/mol. The predicted octanol–water partition coefficient (Wildman–Crippen LogP) is 3.15. The SMILES string of the molecule is COC(=O)O[C@@]12COC1C[C@H](C)[C@@]1(C)C(=O)[C@H](OC(C)=O)C3=C(C)[C@@H](O)C[C@@](O)(C(OC(=O)c4ccccc4)C21)C3(C)C. The Morgan fingerprint density at radius 1 is 1.07 bits per heavy atom. The van der Waals surface area contributed by atoms with Crippen LogP contribution in [0.25, 0.3) is 0 Å². The molecule has 3 unspecified atom stereocenters. The van der Waals surface area contributed by atoms with Crippen LogP contribution in [0.4, 0.5) is 4.79 Å². The zero-order chi connectivity index (χ0) is 31.7. The van der Waals surface area contributed by atoms with Crippen LogP contribution < -0.4 is 0 Å². The van der Waals surface area contributed by atoms with Crippen molar-refractivity contribution in [2.45, 2.75) is 90.0 Å². The molecule has 234 valence electrons. The van der Waals surface area contributed by atoms with E-state index in [2.05, 4.69) is 0 Å². The van der Waals surface area contributed by atoms with E-state index in [4.69, 9.17) is 23.7 Å². The molecule has 0 amide bonds. The number of benzene rings is 1. The van der Waals surface area contributed by atoms with Gasteiger partial charge >= 0.3 is 18.1 Å². The number of Topliss-reactive ketones (excluding diaryl/α,β-unsaturated/α-hetero) is 1. The monoisotopic (exact) mass is 600 g/mol. The van der Waals surface area contributed by atoms with Gasteiger partial charge in [-0.1, -0.05) is 45.9 Å². The number of ether oxygens (including phenoxy) is 5. The lowest BCUT2D eigenvalue weighted by Gasteiger charge is -2.67. The fourth-order valence-electron chi connectivity index (χ4n) is 8.13. The molecule has 1 heterocycles. The number of hydrogen-bond donors (Lipinski definition) is 2. The molecule has 0 aromatic heterocycles. The number of rotatable bonds is 4. The van der Waals surface area contributed by atoms with Crippen LogP contribution in [0.1, 0.15) is 64.7 Å². The third-order valence-corrected chi connectivity index (χ3v) is 10.8. The molecule has 2 saturated carbocycles. The third kappa shape index (κ3) is 4.34. The van der Waals surface area contributed by atoms with Crippen LogP contribution in [0.5, 0.6) is 0 Å². The predicted molar refractivity (Wildman–Crippen MR) is 150 cm³/mol. The van der Waals surface area contributed by atoms with Gasteiger partial charge in [0.2, 0.25) is 0 Å². The van der Waals surface area contributed by atoms with Crippen LogP contribution in [0.2, 0.25) is 0 Å². The molecule has 11 nitrogen and oxygen atoms in total. The minimum absolute atomic E-state index is 0.161. The standard InChI is InChI=1S/C32H40O11/c1-16-13-21-31(15-40-21,43-28(37)39-7)24-26(42-27(36)19-11-9-8-10-12-19)32(38)14-20(34)17(2)22(29(32,4)5)23(41-18(3)33)25(35)30(16,24)6/h8-12,16,20-21,23-24,26,34,38H,13-15H2,1-7H3/t16-,20-,21?,23+,24?,26?,30+,31-,32+/m0/s1. The molecule has 4 aliphatic rings. The first-order chi connectivity index (χ1) is 20.1. The van der Waals surface area contributed by atoms with Crippen molar-refractivity contribution in [1.29, 1.82) is 0 Å². The van der Waals surface area contributed by atoms with Crippen molar-refractivity contribution in [3.05, 3.63) is 47.0 Å². The van der Waals surface area contributed by atoms with Crippen molar-refractivity contribution in [2.75, 3.05) is 13.7 Å². The van der Waals surface area contributed by atoms with E-state index in [1.807, 2.05) is 6.92 Å². The van der Waals surface area contributed by atoms with Crippen LogP contribution in [0.3, 0.4) is 0 Å². The second-order valence-electron chi connectivity index (χ2n) is 13.1. The summed E-state index contributed by atoms with van der Waals surface area (Å²) in [5.74, 6) is -3.68. The first-order valence-electron chi connectivity index (χ1n) is 14.5. The van der Waals surface area contributed by atoms with E-state index in [1.165, 1.54) is 6.92 Å². The summed E-state index contributed by atoms with van der Waals surface area (Å²) in [5.41, 5.74) is -5.64. The van der Waals surface area contributed by atoms with Crippen LogP contribution in [-0.4, -0.2) is 83.4 Å². The van der Waals surface area contributed by atoms with E-state index in [-0.39, 0.29) is 30.6 Å². The summed E-state index contributed by atoms with van der Waals surface area (Å²) in [5, 5.41) is 24.3. The molecule has 1 saturated heterocycles. The fraction of sp³-hybridized carbons (Fsp3) is 0.625. The summed E-state index contributed by atoms with van der Waals surface area (Å²) < 4.78 is 28.8. The topological polar surface area (TPSA) is 155 Å². The van der Waals surface area contributed by atoms with Gasteiger partial charge < -0.3 is 33.9 Å². The number of esters is 2. The molecule has 43 heavy (non-hydrogen) atoms. The molecule has 5 rings (SSSR count). The summed E-state index contributed by atoms with van der Waals surface area (Å²) >= 11 is 0. The van der Waals surface area contributed by atoms with E-state index >= 15 is 0 Å². The van der Waals surface area contributed by atoms with Crippen molar-refractivity contribution >= 4 is 23.9 Å². The maximum absolute atomic E-state index is 15.0. The zero-order valence-electron chi connectivity index (χ0n) is 25.5. The molecule has 9 atom stereocenters. The summed E-state index contributed by atoms with van der Waals surface area (Å²) in [4.78, 5) is 54.0. The lowest BCUT2D eigenvalue weighted by atomic mass is 9.43. The van der Waals surface area contributed by atoms with Gasteiger partial charge in [0.15, 0.2) is 17.5 Å². The Morgan fingerprint density at radius 2 is 1.72 bits per heavy atom. The minimum atomic E-state index is -2.04. The third-order valence-electron chi connectivity index (χ3n) is 10.8. The maximum atomic E-state index is 15.0. The van der Waals surface area contributed by atoms with E-state index in [0.717, 1.165) is 7.11 Å². The van der Waals surface area contributed by atoms with Gasteiger partial charge in [-0.3, -0.25) is 9.59 Å². The Balaban J connectivity index is 1.84. The summed E-state index contributed by atoms with van der Waals surface area (Å²) in [7, 11) is 1.15. The summed E-state index contributed by atoms with van der Waals surface area (Å²) in [6, 6.07) is 8.20. The van der Waals surface area contributed by atoms with E-state index in [1.54, 1.807) is 58.0 Å². The van der Waals surface area contributed by atoms with Crippen molar-refractivity contribution in [1.82, 2.24) is 0 Å². The van der Waals surface area contributed by atoms with E-state index in [9.17, 15) is 29.4 Å². The molecule has 3 aliphatic carbocycles. The van der Waals surface area contributed by atoms with Gasteiger partial charge in [-0.2, -0.15) is 0 Å². The highest BCUT2D eigenvalue weighted by atomic mass is 16.8. The highest BCUT2D eigenvalue weighted by Crippen LogP contribution is 2.65. The maximum Gasteiger partial charge on any atom is 0.508 e.